The Morgan fingerprint density at radius 3 is 2.41 bits per heavy atom. The Labute approximate surface area is 135 Å². The first-order valence-corrected chi connectivity index (χ1v) is 8.53. The fourth-order valence-electron chi connectivity index (χ4n) is 2.31. The molecule has 0 spiro atoms. The van der Waals surface area contributed by atoms with Gasteiger partial charge in [-0.25, -0.2) is 4.39 Å². The van der Waals surface area contributed by atoms with Crippen molar-refractivity contribution < 1.29 is 9.18 Å². The van der Waals surface area contributed by atoms with Crippen LogP contribution >= 0.6 is 11.8 Å². The molecule has 2 aromatic rings. The molecule has 0 heterocycles. The van der Waals surface area contributed by atoms with Gasteiger partial charge in [0, 0.05) is 23.9 Å². The highest BCUT2D eigenvalue weighted by molar-refractivity contribution is 7.97. The fraction of sp³-hybridized carbons (Fsp3) is 0.278. The minimum atomic E-state index is -0.320. The smallest absolute Gasteiger partial charge is 0.254 e. The lowest BCUT2D eigenvalue weighted by molar-refractivity contribution is 0.0740. The number of hydrogen-bond donors (Lipinski definition) is 0. The van der Waals surface area contributed by atoms with E-state index in [4.69, 9.17) is 0 Å². The van der Waals surface area contributed by atoms with Crippen LogP contribution in [-0.4, -0.2) is 24.1 Å². The second kappa shape index (κ2) is 7.45. The molecule has 2 nitrogen and oxygen atoms in total. The summed E-state index contributed by atoms with van der Waals surface area (Å²) in [7, 11) is 1.70. The number of thioether (sulfide) groups is 1. The molecule has 0 aliphatic heterocycles. The Kier molecular flexibility index (Phi) is 5.61. The molecule has 0 saturated heterocycles. The van der Waals surface area contributed by atoms with Gasteiger partial charge in [0.15, 0.2) is 0 Å². The number of carbonyl (C=O) groups is 1. The molecule has 1 atom stereocenters. The van der Waals surface area contributed by atoms with Gasteiger partial charge in [-0.15, -0.1) is 0 Å². The SMILES string of the molecule is CSCc1ccc(C(=O)N(C)C(C)c2ccccc2F)cc1. The largest absolute Gasteiger partial charge is 0.335 e. The second-order valence-corrected chi connectivity index (χ2v) is 6.11. The number of rotatable bonds is 5. The van der Waals surface area contributed by atoms with Gasteiger partial charge in [0.05, 0.1) is 6.04 Å². The van der Waals surface area contributed by atoms with E-state index in [1.807, 2.05) is 37.4 Å². The Morgan fingerprint density at radius 2 is 1.82 bits per heavy atom. The third-order valence-corrected chi connectivity index (χ3v) is 4.39. The first kappa shape index (κ1) is 16.6. The average Bonchev–Trinajstić information content (AvgIpc) is 2.54. The maximum atomic E-state index is 13.9. The number of amides is 1. The van der Waals surface area contributed by atoms with E-state index >= 15 is 0 Å². The summed E-state index contributed by atoms with van der Waals surface area (Å²) in [6, 6.07) is 13.8. The highest BCUT2D eigenvalue weighted by Crippen LogP contribution is 2.23. The van der Waals surface area contributed by atoms with E-state index in [0.717, 1.165) is 5.75 Å². The van der Waals surface area contributed by atoms with Crippen molar-refractivity contribution in [1.82, 2.24) is 4.90 Å². The van der Waals surface area contributed by atoms with Crippen molar-refractivity contribution in [2.24, 2.45) is 0 Å². The molecule has 1 unspecified atom stereocenters. The maximum absolute atomic E-state index is 13.9. The molecule has 0 aliphatic rings. The molecule has 22 heavy (non-hydrogen) atoms. The molecule has 0 radical (unpaired) electrons. The molecular weight excluding hydrogens is 297 g/mol. The minimum absolute atomic E-state index is 0.105. The van der Waals surface area contributed by atoms with Crippen LogP contribution in [0, 0.1) is 5.82 Å². The lowest BCUT2D eigenvalue weighted by Gasteiger charge is -2.25. The van der Waals surface area contributed by atoms with Gasteiger partial charge in [-0.05, 0) is 36.9 Å². The number of nitrogens with zero attached hydrogens (tertiary/aromatic N) is 1. The van der Waals surface area contributed by atoms with Crippen molar-refractivity contribution in [3.8, 4) is 0 Å². The van der Waals surface area contributed by atoms with Crippen LogP contribution in [0.1, 0.15) is 34.5 Å². The molecule has 0 aliphatic carbocycles. The highest BCUT2D eigenvalue weighted by atomic mass is 32.2. The third-order valence-electron chi connectivity index (χ3n) is 3.77. The van der Waals surface area contributed by atoms with Crippen molar-refractivity contribution in [2.75, 3.05) is 13.3 Å². The van der Waals surface area contributed by atoms with Gasteiger partial charge in [-0.2, -0.15) is 11.8 Å². The number of benzene rings is 2. The number of carbonyl (C=O) groups excluding carboxylic acids is 1. The lowest BCUT2D eigenvalue weighted by Crippen LogP contribution is -2.30. The van der Waals surface area contributed by atoms with E-state index in [2.05, 4.69) is 0 Å². The normalized spacial score (nSPS) is 12.0. The molecule has 0 aromatic heterocycles. The first-order valence-electron chi connectivity index (χ1n) is 7.14. The van der Waals surface area contributed by atoms with Crippen LogP contribution in [-0.2, 0) is 5.75 Å². The molecule has 4 heteroatoms. The molecular formula is C18H20FNOS. The fourth-order valence-corrected chi connectivity index (χ4v) is 2.84. The van der Waals surface area contributed by atoms with Crippen LogP contribution in [0.15, 0.2) is 48.5 Å². The van der Waals surface area contributed by atoms with E-state index in [1.54, 1.807) is 41.9 Å². The summed E-state index contributed by atoms with van der Waals surface area (Å²) in [5, 5.41) is 0. The Balaban J connectivity index is 2.16. The van der Waals surface area contributed by atoms with Gasteiger partial charge in [-0.3, -0.25) is 4.79 Å². The Hall–Kier alpha value is -1.81. The van der Waals surface area contributed by atoms with Crippen molar-refractivity contribution >= 4 is 17.7 Å². The van der Waals surface area contributed by atoms with Crippen LogP contribution in [0.25, 0.3) is 0 Å². The van der Waals surface area contributed by atoms with E-state index in [-0.39, 0.29) is 17.8 Å². The third kappa shape index (κ3) is 3.69. The van der Waals surface area contributed by atoms with Crippen LogP contribution < -0.4 is 0 Å². The standard InChI is InChI=1S/C18H20FNOS/c1-13(16-6-4-5-7-17(16)19)20(2)18(21)15-10-8-14(9-11-15)12-22-3/h4-11,13H,12H2,1-3H3. The van der Waals surface area contributed by atoms with Crippen molar-refractivity contribution in [2.45, 2.75) is 18.7 Å². The minimum Gasteiger partial charge on any atom is -0.335 e. The zero-order chi connectivity index (χ0) is 16.1. The summed E-state index contributed by atoms with van der Waals surface area (Å²) >= 11 is 1.74. The molecule has 0 saturated carbocycles. The highest BCUT2D eigenvalue weighted by Gasteiger charge is 2.20. The molecule has 0 fully saturated rings. The summed E-state index contributed by atoms with van der Waals surface area (Å²) < 4.78 is 13.9. The number of hydrogen-bond acceptors (Lipinski definition) is 2. The van der Waals surface area contributed by atoms with Gasteiger partial charge in [0.1, 0.15) is 5.82 Å². The van der Waals surface area contributed by atoms with E-state index in [0.29, 0.717) is 11.1 Å². The van der Waals surface area contributed by atoms with Crippen LogP contribution in [0.4, 0.5) is 4.39 Å². The van der Waals surface area contributed by atoms with Crippen molar-refractivity contribution in [3.05, 3.63) is 71.0 Å². The van der Waals surface area contributed by atoms with Gasteiger partial charge < -0.3 is 4.90 Å². The van der Waals surface area contributed by atoms with Crippen LogP contribution in [0.5, 0.6) is 0 Å². The average molecular weight is 317 g/mol. The second-order valence-electron chi connectivity index (χ2n) is 5.24. The predicted molar refractivity (Wildman–Crippen MR) is 90.6 cm³/mol. The van der Waals surface area contributed by atoms with E-state index in [9.17, 15) is 9.18 Å². The zero-order valence-electron chi connectivity index (χ0n) is 13.0. The Bertz CT molecular complexity index is 642. The van der Waals surface area contributed by atoms with E-state index < -0.39 is 0 Å². The molecule has 2 aromatic carbocycles. The predicted octanol–water partition coefficient (Wildman–Crippen LogP) is 4.52. The molecule has 1 amide bonds. The van der Waals surface area contributed by atoms with Crippen molar-refractivity contribution in [3.63, 3.8) is 0 Å². The quantitative estimate of drug-likeness (QED) is 0.808. The monoisotopic (exact) mass is 317 g/mol. The maximum Gasteiger partial charge on any atom is 0.254 e. The summed E-state index contributed by atoms with van der Waals surface area (Å²) in [5.74, 6) is 0.534. The molecule has 116 valence electrons. The lowest BCUT2D eigenvalue weighted by atomic mass is 10.1. The molecule has 2 rings (SSSR count). The van der Waals surface area contributed by atoms with Gasteiger partial charge in [-0.1, -0.05) is 30.3 Å². The van der Waals surface area contributed by atoms with Crippen molar-refractivity contribution in [1.29, 1.82) is 0 Å². The van der Waals surface area contributed by atoms with Gasteiger partial charge in [0.25, 0.3) is 5.91 Å². The van der Waals surface area contributed by atoms with Gasteiger partial charge in [0.2, 0.25) is 0 Å². The summed E-state index contributed by atoms with van der Waals surface area (Å²) in [5.41, 5.74) is 2.33. The van der Waals surface area contributed by atoms with E-state index in [1.165, 1.54) is 11.6 Å². The van der Waals surface area contributed by atoms with Crippen LogP contribution in [0.2, 0.25) is 0 Å². The van der Waals surface area contributed by atoms with Crippen LogP contribution in [0.3, 0.4) is 0 Å². The summed E-state index contributed by atoms with van der Waals surface area (Å²) in [6.07, 6.45) is 2.04. The summed E-state index contributed by atoms with van der Waals surface area (Å²) in [4.78, 5) is 14.1. The topological polar surface area (TPSA) is 20.3 Å². The molecule has 0 bridgehead atoms. The summed E-state index contributed by atoms with van der Waals surface area (Å²) in [6.45, 7) is 1.83. The molecule has 0 N–H and O–H groups in total. The zero-order valence-corrected chi connectivity index (χ0v) is 13.9. The first-order chi connectivity index (χ1) is 10.5. The number of halogens is 1. The Morgan fingerprint density at radius 1 is 1.18 bits per heavy atom. The van der Waals surface area contributed by atoms with Gasteiger partial charge >= 0.3 is 0 Å².